The Hall–Kier alpha value is -2.89. The SMILES string of the molecule is C[C@@H]([NH2+]C[C@@H](c1cccs1)c1c[nH]c2ccccc12)C(=O)N1CCc2ccccc21. The summed E-state index contributed by atoms with van der Waals surface area (Å²) in [5.41, 5.74) is 4.81. The van der Waals surface area contributed by atoms with Crippen molar-refractivity contribution in [3.8, 4) is 0 Å². The molecular weight excluding hydrogens is 390 g/mol. The number of benzene rings is 2. The summed E-state index contributed by atoms with van der Waals surface area (Å²) in [6, 6.07) is 20.9. The Morgan fingerprint density at radius 2 is 1.97 bits per heavy atom. The lowest BCUT2D eigenvalue weighted by atomic mass is 9.96. The lowest BCUT2D eigenvalue weighted by Crippen LogP contribution is -2.92. The summed E-state index contributed by atoms with van der Waals surface area (Å²) in [6.45, 7) is 3.65. The average molecular weight is 417 g/mol. The Morgan fingerprint density at radius 3 is 2.83 bits per heavy atom. The number of aromatic nitrogens is 1. The molecule has 30 heavy (non-hydrogen) atoms. The number of nitrogens with one attached hydrogen (secondary N) is 1. The summed E-state index contributed by atoms with van der Waals surface area (Å²) in [5, 5.41) is 5.60. The van der Waals surface area contributed by atoms with Crippen molar-refractivity contribution in [3.63, 3.8) is 0 Å². The number of carbonyl (C=O) groups is 1. The molecule has 0 saturated carbocycles. The van der Waals surface area contributed by atoms with E-state index in [0.717, 1.165) is 30.7 Å². The van der Waals surface area contributed by atoms with Crippen molar-refractivity contribution in [2.45, 2.75) is 25.3 Å². The highest BCUT2D eigenvalue weighted by atomic mass is 32.1. The van der Waals surface area contributed by atoms with E-state index in [1.807, 2.05) is 17.9 Å². The zero-order chi connectivity index (χ0) is 20.5. The molecule has 2 aromatic carbocycles. The van der Waals surface area contributed by atoms with Crippen LogP contribution in [0.3, 0.4) is 0 Å². The number of carbonyl (C=O) groups excluding carboxylic acids is 1. The number of fused-ring (bicyclic) bond motifs is 2. The minimum atomic E-state index is -0.121. The van der Waals surface area contributed by atoms with Gasteiger partial charge in [-0.25, -0.2) is 0 Å². The molecule has 0 unspecified atom stereocenters. The molecule has 4 nitrogen and oxygen atoms in total. The van der Waals surface area contributed by atoms with Crippen LogP contribution in [0.5, 0.6) is 0 Å². The van der Waals surface area contributed by atoms with Gasteiger partial charge in [-0.15, -0.1) is 11.3 Å². The molecule has 3 N–H and O–H groups in total. The highest BCUT2D eigenvalue weighted by Gasteiger charge is 2.31. The molecule has 0 fully saturated rings. The van der Waals surface area contributed by atoms with Crippen LogP contribution in [-0.4, -0.2) is 30.0 Å². The number of nitrogens with two attached hydrogens (primary N) is 1. The van der Waals surface area contributed by atoms with Gasteiger partial charge in [0.25, 0.3) is 5.91 Å². The van der Waals surface area contributed by atoms with Crippen molar-refractivity contribution in [1.29, 1.82) is 0 Å². The van der Waals surface area contributed by atoms with E-state index < -0.39 is 0 Å². The van der Waals surface area contributed by atoms with E-state index in [1.54, 1.807) is 11.3 Å². The molecule has 0 radical (unpaired) electrons. The zero-order valence-electron chi connectivity index (χ0n) is 17.0. The number of para-hydroxylation sites is 2. The first kappa shape index (κ1) is 19.1. The minimum Gasteiger partial charge on any atom is -0.361 e. The average Bonchev–Trinajstić information content (AvgIpc) is 3.53. The third-order valence-corrected chi connectivity index (χ3v) is 7.14. The molecule has 0 spiro atoms. The highest BCUT2D eigenvalue weighted by Crippen LogP contribution is 2.32. The molecule has 152 valence electrons. The molecule has 0 saturated heterocycles. The van der Waals surface area contributed by atoms with Gasteiger partial charge in [-0.1, -0.05) is 42.5 Å². The smallest absolute Gasteiger partial charge is 0.284 e. The Balaban J connectivity index is 1.36. The molecule has 0 aliphatic carbocycles. The lowest BCUT2D eigenvalue weighted by Gasteiger charge is -2.22. The first-order valence-corrected chi connectivity index (χ1v) is 11.4. The Bertz CT molecular complexity index is 1160. The number of rotatable bonds is 6. The van der Waals surface area contributed by atoms with Gasteiger partial charge >= 0.3 is 0 Å². The number of nitrogens with zero attached hydrogens (tertiary/aromatic N) is 1. The summed E-state index contributed by atoms with van der Waals surface area (Å²) >= 11 is 1.78. The predicted octanol–water partition coefficient (Wildman–Crippen LogP) is 3.90. The van der Waals surface area contributed by atoms with Gasteiger partial charge in [0.05, 0.1) is 12.5 Å². The Kier molecular flexibility index (Phi) is 5.15. The van der Waals surface area contributed by atoms with Crippen LogP contribution in [0.1, 0.15) is 28.8 Å². The van der Waals surface area contributed by atoms with Crippen LogP contribution in [0.4, 0.5) is 5.69 Å². The van der Waals surface area contributed by atoms with Crippen molar-refractivity contribution >= 4 is 33.8 Å². The molecule has 3 heterocycles. The van der Waals surface area contributed by atoms with Crippen LogP contribution >= 0.6 is 11.3 Å². The molecule has 2 atom stereocenters. The maximum absolute atomic E-state index is 13.2. The number of thiophene rings is 1. The molecule has 5 heteroatoms. The summed E-state index contributed by atoms with van der Waals surface area (Å²) in [7, 11) is 0. The molecule has 4 aromatic rings. The van der Waals surface area contributed by atoms with Gasteiger partial charge in [-0.2, -0.15) is 0 Å². The zero-order valence-corrected chi connectivity index (χ0v) is 17.9. The fraction of sp³-hybridized carbons (Fsp3) is 0.240. The van der Waals surface area contributed by atoms with Gasteiger partial charge in [0, 0.05) is 34.2 Å². The van der Waals surface area contributed by atoms with Crippen LogP contribution < -0.4 is 10.2 Å². The van der Waals surface area contributed by atoms with E-state index >= 15 is 0 Å². The maximum atomic E-state index is 13.2. The number of anilines is 1. The van der Waals surface area contributed by atoms with Crippen LogP contribution in [0.2, 0.25) is 0 Å². The molecule has 1 amide bonds. The Labute approximate surface area is 180 Å². The van der Waals surface area contributed by atoms with E-state index in [-0.39, 0.29) is 17.9 Å². The molecule has 5 rings (SSSR count). The molecule has 1 aliphatic heterocycles. The topological polar surface area (TPSA) is 52.7 Å². The second-order valence-electron chi connectivity index (χ2n) is 7.99. The van der Waals surface area contributed by atoms with Crippen LogP contribution in [0.15, 0.2) is 72.2 Å². The largest absolute Gasteiger partial charge is 0.361 e. The van der Waals surface area contributed by atoms with Crippen molar-refractivity contribution in [1.82, 2.24) is 4.98 Å². The van der Waals surface area contributed by atoms with Gasteiger partial charge in [0.15, 0.2) is 6.04 Å². The second-order valence-corrected chi connectivity index (χ2v) is 8.97. The second kappa shape index (κ2) is 8.09. The summed E-state index contributed by atoms with van der Waals surface area (Å²) in [5.74, 6) is 0.450. The number of hydrogen-bond acceptors (Lipinski definition) is 2. The van der Waals surface area contributed by atoms with Gasteiger partial charge in [0.2, 0.25) is 0 Å². The summed E-state index contributed by atoms with van der Waals surface area (Å²) in [4.78, 5) is 19.9. The van der Waals surface area contributed by atoms with Crippen LogP contribution in [0.25, 0.3) is 10.9 Å². The van der Waals surface area contributed by atoms with Crippen molar-refractivity contribution < 1.29 is 10.1 Å². The number of aromatic amines is 1. The van der Waals surface area contributed by atoms with E-state index in [1.165, 1.54) is 21.4 Å². The van der Waals surface area contributed by atoms with E-state index in [9.17, 15) is 4.79 Å². The quantitative estimate of drug-likeness (QED) is 0.492. The van der Waals surface area contributed by atoms with E-state index in [2.05, 4.69) is 76.5 Å². The standard InChI is InChI=1S/C25H25N3OS/c1-17(25(29)28-13-12-18-7-2-5-10-23(18)28)26-16-21(24-11-6-14-30-24)20-15-27-22-9-4-3-8-19(20)22/h2-11,14-15,17,21,26-27H,12-13,16H2,1H3/p+1/t17-,21-/m1/s1. The lowest BCUT2D eigenvalue weighted by molar-refractivity contribution is -0.674. The van der Waals surface area contributed by atoms with Gasteiger partial charge < -0.3 is 15.2 Å². The number of hydrogen-bond donors (Lipinski definition) is 2. The Morgan fingerprint density at radius 1 is 1.13 bits per heavy atom. The number of amides is 1. The number of H-pyrrole nitrogens is 1. The fourth-order valence-corrected chi connectivity index (χ4v) is 5.38. The van der Waals surface area contributed by atoms with E-state index in [4.69, 9.17) is 0 Å². The number of quaternary nitrogens is 1. The fourth-order valence-electron chi connectivity index (χ4n) is 4.52. The third kappa shape index (κ3) is 3.44. The molecule has 0 bridgehead atoms. The maximum Gasteiger partial charge on any atom is 0.284 e. The van der Waals surface area contributed by atoms with Crippen molar-refractivity contribution in [2.75, 3.05) is 18.0 Å². The summed E-state index contributed by atoms with van der Waals surface area (Å²) < 4.78 is 0. The van der Waals surface area contributed by atoms with Gasteiger partial charge in [-0.3, -0.25) is 4.79 Å². The molecule has 1 aliphatic rings. The minimum absolute atomic E-state index is 0.121. The van der Waals surface area contributed by atoms with Gasteiger partial charge in [-0.05, 0) is 48.1 Å². The first-order chi connectivity index (χ1) is 14.7. The van der Waals surface area contributed by atoms with E-state index in [0.29, 0.717) is 0 Å². The summed E-state index contributed by atoms with van der Waals surface area (Å²) in [6.07, 6.45) is 3.08. The predicted molar refractivity (Wildman–Crippen MR) is 123 cm³/mol. The first-order valence-electron chi connectivity index (χ1n) is 10.5. The molecular formula is C25H26N3OS+. The van der Waals surface area contributed by atoms with Crippen molar-refractivity contribution in [2.24, 2.45) is 0 Å². The van der Waals surface area contributed by atoms with Crippen molar-refractivity contribution in [3.05, 3.63) is 88.2 Å². The van der Waals surface area contributed by atoms with Gasteiger partial charge in [0.1, 0.15) is 0 Å². The van der Waals surface area contributed by atoms with Crippen LogP contribution in [-0.2, 0) is 11.2 Å². The third-order valence-electron chi connectivity index (χ3n) is 6.15. The molecule has 2 aromatic heterocycles. The normalized spacial score (nSPS) is 15.3. The van der Waals surface area contributed by atoms with Crippen LogP contribution in [0, 0.1) is 0 Å². The monoisotopic (exact) mass is 416 g/mol. The highest BCUT2D eigenvalue weighted by molar-refractivity contribution is 7.10.